The predicted molar refractivity (Wildman–Crippen MR) is 109 cm³/mol. The molecule has 3 aromatic rings. The van der Waals surface area contributed by atoms with Crippen molar-refractivity contribution >= 4 is 56.1 Å². The zero-order valence-corrected chi connectivity index (χ0v) is 16.8. The van der Waals surface area contributed by atoms with Gasteiger partial charge in [-0.3, -0.25) is 4.99 Å². The lowest BCUT2D eigenvalue weighted by molar-refractivity contribution is 0.848. The molecule has 0 saturated carbocycles. The monoisotopic (exact) mass is 497 g/mol. The van der Waals surface area contributed by atoms with Crippen LogP contribution in [-0.4, -0.2) is 17.9 Å². The molecule has 0 unspecified atom stereocenters. The number of nitrogens with zero attached hydrogens (tertiary/aromatic N) is 3. The standard InChI is InChI=1S/C17H13BrIN3S/c1-20-17-22(21-10-13-4-2-3-5-15(13)19)16(11-23-17)12-6-8-14(18)9-7-12/h2-11H,1H3/b20-17?,21-10-. The van der Waals surface area contributed by atoms with Gasteiger partial charge in [0.25, 0.3) is 0 Å². The van der Waals surface area contributed by atoms with E-state index in [1.54, 1.807) is 18.4 Å². The van der Waals surface area contributed by atoms with Crippen molar-refractivity contribution < 1.29 is 0 Å². The summed E-state index contributed by atoms with van der Waals surface area (Å²) in [5.41, 5.74) is 3.24. The van der Waals surface area contributed by atoms with Crippen LogP contribution in [0.4, 0.5) is 0 Å². The summed E-state index contributed by atoms with van der Waals surface area (Å²) < 4.78 is 4.12. The molecule has 0 atom stereocenters. The highest BCUT2D eigenvalue weighted by atomic mass is 127. The van der Waals surface area contributed by atoms with Gasteiger partial charge in [0, 0.05) is 31.6 Å². The van der Waals surface area contributed by atoms with Crippen LogP contribution in [0.3, 0.4) is 0 Å². The van der Waals surface area contributed by atoms with Crippen molar-refractivity contribution in [3.8, 4) is 11.3 Å². The Kier molecular flexibility index (Phi) is 5.45. The highest BCUT2D eigenvalue weighted by molar-refractivity contribution is 14.1. The summed E-state index contributed by atoms with van der Waals surface area (Å²) in [7, 11) is 1.79. The van der Waals surface area contributed by atoms with Gasteiger partial charge < -0.3 is 0 Å². The van der Waals surface area contributed by atoms with Crippen LogP contribution in [-0.2, 0) is 0 Å². The zero-order chi connectivity index (χ0) is 16.2. The molecule has 3 nitrogen and oxygen atoms in total. The second kappa shape index (κ2) is 7.55. The molecule has 1 aromatic heterocycles. The van der Waals surface area contributed by atoms with E-state index < -0.39 is 0 Å². The van der Waals surface area contributed by atoms with Crippen molar-refractivity contribution in [3.05, 3.63) is 72.3 Å². The Morgan fingerprint density at radius 3 is 2.57 bits per heavy atom. The van der Waals surface area contributed by atoms with E-state index in [0.29, 0.717) is 0 Å². The van der Waals surface area contributed by atoms with Gasteiger partial charge in [0.15, 0.2) is 0 Å². The van der Waals surface area contributed by atoms with Crippen LogP contribution in [0.2, 0.25) is 0 Å². The Bertz CT molecular complexity index is 910. The van der Waals surface area contributed by atoms with Crippen LogP contribution in [0.15, 0.2) is 68.5 Å². The molecule has 0 saturated heterocycles. The van der Waals surface area contributed by atoms with E-state index in [-0.39, 0.29) is 0 Å². The third-order valence-corrected chi connectivity index (χ3v) is 5.65. The molecule has 23 heavy (non-hydrogen) atoms. The van der Waals surface area contributed by atoms with Gasteiger partial charge in [-0.15, -0.1) is 11.3 Å². The molecule has 0 aliphatic heterocycles. The number of hydrogen-bond acceptors (Lipinski definition) is 3. The number of thiazole rings is 1. The number of aromatic nitrogens is 1. The minimum Gasteiger partial charge on any atom is -0.261 e. The summed E-state index contributed by atoms with van der Waals surface area (Å²) in [6.07, 6.45) is 1.88. The summed E-state index contributed by atoms with van der Waals surface area (Å²) >= 11 is 7.37. The maximum atomic E-state index is 4.66. The Hall–Kier alpha value is -1.25. The van der Waals surface area contributed by atoms with Gasteiger partial charge in [-0.05, 0) is 40.8 Å². The van der Waals surface area contributed by atoms with Crippen LogP contribution in [0, 0.1) is 3.57 Å². The summed E-state index contributed by atoms with van der Waals surface area (Å²) in [5.74, 6) is 0. The second-order valence-electron chi connectivity index (χ2n) is 4.71. The summed E-state index contributed by atoms with van der Waals surface area (Å²) in [6.45, 7) is 0. The van der Waals surface area contributed by atoms with E-state index in [1.165, 1.54) is 3.57 Å². The summed E-state index contributed by atoms with van der Waals surface area (Å²) in [6, 6.07) is 16.4. The first-order valence-electron chi connectivity index (χ1n) is 6.87. The second-order valence-corrected chi connectivity index (χ2v) is 7.63. The predicted octanol–water partition coefficient (Wildman–Crippen LogP) is 5.00. The highest BCUT2D eigenvalue weighted by Gasteiger charge is 2.07. The topological polar surface area (TPSA) is 29.6 Å². The Labute approximate surface area is 160 Å². The van der Waals surface area contributed by atoms with Gasteiger partial charge in [-0.25, -0.2) is 4.68 Å². The molecular weight excluding hydrogens is 485 g/mol. The largest absolute Gasteiger partial charge is 0.261 e. The lowest BCUT2D eigenvalue weighted by Gasteiger charge is -2.04. The fourth-order valence-electron chi connectivity index (χ4n) is 2.08. The molecule has 0 bridgehead atoms. The number of rotatable bonds is 3. The van der Waals surface area contributed by atoms with Crippen molar-refractivity contribution in [1.82, 2.24) is 4.68 Å². The Morgan fingerprint density at radius 1 is 1.13 bits per heavy atom. The molecule has 0 spiro atoms. The van der Waals surface area contributed by atoms with E-state index in [4.69, 9.17) is 0 Å². The number of halogens is 2. The average Bonchev–Trinajstić information content (AvgIpc) is 2.98. The molecular formula is C17H13BrIN3S. The minimum absolute atomic E-state index is 0.866. The molecule has 0 aliphatic carbocycles. The van der Waals surface area contributed by atoms with Gasteiger partial charge in [0.2, 0.25) is 4.80 Å². The molecule has 0 radical (unpaired) electrons. The molecule has 2 aromatic carbocycles. The molecule has 0 fully saturated rings. The summed E-state index contributed by atoms with van der Waals surface area (Å²) in [4.78, 5) is 5.19. The van der Waals surface area contributed by atoms with Crippen molar-refractivity contribution in [2.24, 2.45) is 10.1 Å². The van der Waals surface area contributed by atoms with E-state index in [0.717, 1.165) is 26.1 Å². The third kappa shape index (κ3) is 3.81. The van der Waals surface area contributed by atoms with E-state index >= 15 is 0 Å². The number of hydrogen-bond donors (Lipinski definition) is 0. The van der Waals surface area contributed by atoms with Gasteiger partial charge >= 0.3 is 0 Å². The molecule has 6 heteroatoms. The van der Waals surface area contributed by atoms with Gasteiger partial charge in [-0.2, -0.15) is 5.10 Å². The third-order valence-electron chi connectivity index (χ3n) is 3.23. The van der Waals surface area contributed by atoms with Gasteiger partial charge in [0.05, 0.1) is 11.9 Å². The molecule has 1 heterocycles. The number of benzene rings is 2. The molecule has 3 rings (SSSR count). The van der Waals surface area contributed by atoms with E-state index in [1.807, 2.05) is 35.2 Å². The first-order valence-corrected chi connectivity index (χ1v) is 9.62. The smallest absolute Gasteiger partial charge is 0.205 e. The van der Waals surface area contributed by atoms with Gasteiger partial charge in [-0.1, -0.05) is 46.3 Å². The first kappa shape index (κ1) is 16.6. The molecule has 0 amide bonds. The van der Waals surface area contributed by atoms with E-state index in [2.05, 4.69) is 78.3 Å². The molecule has 116 valence electrons. The maximum Gasteiger partial charge on any atom is 0.205 e. The minimum atomic E-state index is 0.866. The van der Waals surface area contributed by atoms with E-state index in [9.17, 15) is 0 Å². The maximum absolute atomic E-state index is 4.66. The lowest BCUT2D eigenvalue weighted by atomic mass is 10.2. The van der Waals surface area contributed by atoms with Crippen molar-refractivity contribution in [2.75, 3.05) is 7.05 Å². The lowest BCUT2D eigenvalue weighted by Crippen LogP contribution is -2.11. The van der Waals surface area contributed by atoms with Gasteiger partial charge in [0.1, 0.15) is 0 Å². The van der Waals surface area contributed by atoms with Crippen LogP contribution < -0.4 is 4.80 Å². The normalized spacial score (nSPS) is 12.2. The SMILES string of the molecule is CN=c1scc(-c2ccc(Br)cc2)n1/N=C\c1ccccc1I. The average molecular weight is 498 g/mol. The quantitative estimate of drug-likeness (QED) is 0.360. The van der Waals surface area contributed by atoms with Crippen molar-refractivity contribution in [2.45, 2.75) is 0 Å². The summed E-state index contributed by atoms with van der Waals surface area (Å²) in [5, 5.41) is 6.74. The van der Waals surface area contributed by atoms with Crippen molar-refractivity contribution in [1.29, 1.82) is 0 Å². The van der Waals surface area contributed by atoms with Crippen LogP contribution in [0.5, 0.6) is 0 Å². The molecule has 0 aliphatic rings. The first-order chi connectivity index (χ1) is 11.2. The highest BCUT2D eigenvalue weighted by Crippen LogP contribution is 2.22. The fourth-order valence-corrected chi connectivity index (χ4v) is 3.68. The van der Waals surface area contributed by atoms with Crippen LogP contribution in [0.25, 0.3) is 11.3 Å². The Balaban J connectivity index is 2.06. The molecule has 0 N–H and O–H groups in total. The van der Waals surface area contributed by atoms with Crippen LogP contribution in [0.1, 0.15) is 5.56 Å². The zero-order valence-electron chi connectivity index (χ0n) is 12.3. The fraction of sp³-hybridized carbons (Fsp3) is 0.0588. The van der Waals surface area contributed by atoms with Crippen molar-refractivity contribution in [3.63, 3.8) is 0 Å². The Morgan fingerprint density at radius 2 is 1.87 bits per heavy atom. The van der Waals surface area contributed by atoms with Crippen LogP contribution >= 0.6 is 49.9 Å².